The fraction of sp³-hybridized carbons (Fsp3) is 0.231. The highest BCUT2D eigenvalue weighted by Gasteiger charge is 2.29. The topological polar surface area (TPSA) is 41.9 Å². The smallest absolute Gasteiger partial charge is 0.266 e. The van der Waals surface area contributed by atoms with Crippen LogP contribution in [0.15, 0.2) is 34.2 Å². The number of carbonyl (C=O) groups is 1. The van der Waals surface area contributed by atoms with E-state index in [1.165, 1.54) is 11.8 Å². The first-order valence-corrected chi connectivity index (χ1v) is 6.26. The zero-order valence-corrected chi connectivity index (χ0v) is 11.3. The van der Waals surface area contributed by atoms with Crippen molar-refractivity contribution in [2.24, 2.45) is 4.99 Å². The van der Waals surface area contributed by atoms with Gasteiger partial charge in [-0.3, -0.25) is 14.7 Å². The van der Waals surface area contributed by atoms with Crippen molar-refractivity contribution < 1.29 is 9.53 Å². The van der Waals surface area contributed by atoms with Crippen molar-refractivity contribution in [3.05, 3.63) is 34.7 Å². The number of hydrogen-bond donors (Lipinski definition) is 0. The Kier molecular flexibility index (Phi) is 3.72. The lowest BCUT2D eigenvalue weighted by Crippen LogP contribution is -2.23. The highest BCUT2D eigenvalue weighted by Crippen LogP contribution is 2.31. The van der Waals surface area contributed by atoms with Crippen LogP contribution in [0.1, 0.15) is 5.56 Å². The Morgan fingerprint density at radius 3 is 2.83 bits per heavy atom. The molecule has 1 aromatic carbocycles. The van der Waals surface area contributed by atoms with Crippen LogP contribution in [0.2, 0.25) is 0 Å². The quantitative estimate of drug-likeness (QED) is 0.767. The largest absolute Gasteiger partial charge is 0.497 e. The van der Waals surface area contributed by atoms with E-state index in [0.717, 1.165) is 11.3 Å². The lowest BCUT2D eigenvalue weighted by atomic mass is 10.2. The molecule has 0 saturated carbocycles. The van der Waals surface area contributed by atoms with Crippen molar-refractivity contribution >= 4 is 28.9 Å². The highest BCUT2D eigenvalue weighted by atomic mass is 32.2. The molecule has 5 heteroatoms. The predicted molar refractivity (Wildman–Crippen MR) is 74.7 cm³/mol. The summed E-state index contributed by atoms with van der Waals surface area (Å²) < 4.78 is 5.15. The summed E-state index contributed by atoms with van der Waals surface area (Å²) in [6, 6.07) is 7.59. The minimum Gasteiger partial charge on any atom is -0.497 e. The molecule has 2 rings (SSSR count). The fourth-order valence-corrected chi connectivity index (χ4v) is 2.56. The van der Waals surface area contributed by atoms with Gasteiger partial charge < -0.3 is 4.74 Å². The van der Waals surface area contributed by atoms with E-state index in [9.17, 15) is 4.79 Å². The van der Waals surface area contributed by atoms with Crippen LogP contribution in [0.4, 0.5) is 0 Å². The van der Waals surface area contributed by atoms with Crippen LogP contribution in [0, 0.1) is 0 Å². The number of carbonyl (C=O) groups excluding carboxylic acids is 1. The molecule has 0 radical (unpaired) electrons. The summed E-state index contributed by atoms with van der Waals surface area (Å²) in [6.07, 6.45) is 1.85. The highest BCUT2D eigenvalue weighted by molar-refractivity contribution is 8.18. The number of aliphatic imine (C=N–C) groups is 1. The Balaban J connectivity index is 2.31. The van der Waals surface area contributed by atoms with Gasteiger partial charge in [0.25, 0.3) is 5.91 Å². The molecule has 94 valence electrons. The summed E-state index contributed by atoms with van der Waals surface area (Å²) in [5.74, 6) is 0.751. The Morgan fingerprint density at radius 2 is 2.22 bits per heavy atom. The normalized spacial score (nSPS) is 19.9. The zero-order valence-electron chi connectivity index (χ0n) is 10.5. The van der Waals surface area contributed by atoms with Crippen LogP contribution in [0.5, 0.6) is 5.75 Å². The minimum atomic E-state index is -0.0246. The molecule has 1 heterocycles. The first kappa shape index (κ1) is 12.7. The van der Waals surface area contributed by atoms with Gasteiger partial charge in [0, 0.05) is 14.1 Å². The van der Waals surface area contributed by atoms with Crippen LogP contribution in [0.25, 0.3) is 6.08 Å². The van der Waals surface area contributed by atoms with Crippen molar-refractivity contribution in [1.82, 2.24) is 4.90 Å². The van der Waals surface area contributed by atoms with Crippen molar-refractivity contribution in [3.8, 4) is 5.75 Å². The molecular formula is C13H14N2O2S. The molecule has 4 nitrogen and oxygen atoms in total. The third-order valence-electron chi connectivity index (χ3n) is 2.59. The summed E-state index contributed by atoms with van der Waals surface area (Å²) >= 11 is 1.38. The maximum absolute atomic E-state index is 12.0. The van der Waals surface area contributed by atoms with E-state index in [2.05, 4.69) is 4.99 Å². The molecule has 0 aromatic heterocycles. The average Bonchev–Trinajstić information content (AvgIpc) is 2.67. The molecule has 1 aromatic rings. The number of methoxy groups -OCH3 is 1. The molecule has 18 heavy (non-hydrogen) atoms. The molecule has 0 unspecified atom stereocenters. The van der Waals surface area contributed by atoms with Gasteiger partial charge in [0.2, 0.25) is 0 Å². The van der Waals surface area contributed by atoms with E-state index in [1.54, 1.807) is 26.1 Å². The van der Waals surface area contributed by atoms with E-state index in [0.29, 0.717) is 10.1 Å². The average molecular weight is 262 g/mol. The van der Waals surface area contributed by atoms with Gasteiger partial charge in [-0.2, -0.15) is 0 Å². The van der Waals surface area contributed by atoms with Gasteiger partial charge in [0.05, 0.1) is 12.0 Å². The number of benzene rings is 1. The van der Waals surface area contributed by atoms with Crippen LogP contribution < -0.4 is 4.74 Å². The minimum absolute atomic E-state index is 0.0246. The molecule has 1 saturated heterocycles. The molecule has 0 spiro atoms. The van der Waals surface area contributed by atoms with Crippen LogP contribution in [-0.2, 0) is 4.79 Å². The van der Waals surface area contributed by atoms with Gasteiger partial charge in [-0.1, -0.05) is 12.1 Å². The van der Waals surface area contributed by atoms with Crippen molar-refractivity contribution in [2.45, 2.75) is 0 Å². The Bertz CT molecular complexity index is 538. The number of thioether (sulfide) groups is 1. The van der Waals surface area contributed by atoms with Crippen molar-refractivity contribution in [2.75, 3.05) is 21.2 Å². The lowest BCUT2D eigenvalue weighted by Gasteiger charge is -2.05. The van der Waals surface area contributed by atoms with Gasteiger partial charge >= 0.3 is 0 Å². The van der Waals surface area contributed by atoms with E-state index < -0.39 is 0 Å². The second kappa shape index (κ2) is 5.27. The first-order chi connectivity index (χ1) is 8.65. The summed E-state index contributed by atoms with van der Waals surface area (Å²) in [5, 5.41) is 0.717. The third kappa shape index (κ3) is 2.41. The molecule has 0 bridgehead atoms. The number of amidine groups is 1. The maximum atomic E-state index is 12.0. The monoisotopic (exact) mass is 262 g/mol. The van der Waals surface area contributed by atoms with E-state index in [1.807, 2.05) is 30.3 Å². The van der Waals surface area contributed by atoms with E-state index >= 15 is 0 Å². The molecule has 0 N–H and O–H groups in total. The SMILES string of the molecule is CN=C1S/C(=C/c2cccc(OC)c2)C(=O)N1C. The molecule has 0 aliphatic carbocycles. The number of ether oxygens (including phenoxy) is 1. The van der Waals surface area contributed by atoms with E-state index in [-0.39, 0.29) is 5.91 Å². The summed E-state index contributed by atoms with van der Waals surface area (Å²) in [4.78, 5) is 18.2. The predicted octanol–water partition coefficient (Wildman–Crippen LogP) is 2.23. The number of hydrogen-bond acceptors (Lipinski definition) is 4. The van der Waals surface area contributed by atoms with Crippen LogP contribution in [-0.4, -0.2) is 37.2 Å². The Hall–Kier alpha value is -1.75. The molecule has 1 aliphatic rings. The standard InChI is InChI=1S/C13H14N2O2S/c1-14-13-15(2)12(16)11(18-13)8-9-5-4-6-10(7-9)17-3/h4-8H,1-3H3/b11-8+,14-13?. The van der Waals surface area contributed by atoms with Gasteiger partial charge in [0.15, 0.2) is 5.17 Å². The summed E-state index contributed by atoms with van der Waals surface area (Å²) in [5.41, 5.74) is 0.941. The van der Waals surface area contributed by atoms with Crippen LogP contribution in [0.3, 0.4) is 0 Å². The maximum Gasteiger partial charge on any atom is 0.266 e. The molecule has 1 amide bonds. The summed E-state index contributed by atoms with van der Waals surface area (Å²) in [6.45, 7) is 0. The molecule has 0 atom stereocenters. The Morgan fingerprint density at radius 1 is 1.44 bits per heavy atom. The number of nitrogens with zero attached hydrogens (tertiary/aromatic N) is 2. The first-order valence-electron chi connectivity index (χ1n) is 5.44. The van der Waals surface area contributed by atoms with Gasteiger partial charge in [-0.25, -0.2) is 0 Å². The molecule has 1 aliphatic heterocycles. The zero-order chi connectivity index (χ0) is 13.1. The third-order valence-corrected chi connectivity index (χ3v) is 3.74. The summed E-state index contributed by atoms with van der Waals surface area (Å²) in [7, 11) is 5.03. The second-order valence-electron chi connectivity index (χ2n) is 3.76. The van der Waals surface area contributed by atoms with Gasteiger partial charge in [0.1, 0.15) is 5.75 Å². The van der Waals surface area contributed by atoms with E-state index in [4.69, 9.17) is 4.74 Å². The molecule has 1 fully saturated rings. The van der Waals surface area contributed by atoms with Crippen molar-refractivity contribution in [1.29, 1.82) is 0 Å². The number of amides is 1. The lowest BCUT2D eigenvalue weighted by molar-refractivity contribution is -0.121. The number of rotatable bonds is 2. The van der Waals surface area contributed by atoms with Gasteiger partial charge in [-0.05, 0) is 35.5 Å². The number of likely N-dealkylation sites (N-methyl/N-ethyl adjacent to an activating group) is 1. The van der Waals surface area contributed by atoms with Crippen molar-refractivity contribution in [3.63, 3.8) is 0 Å². The second-order valence-corrected chi connectivity index (χ2v) is 4.77. The Labute approximate surface area is 110 Å². The molecular weight excluding hydrogens is 248 g/mol. The fourth-order valence-electron chi connectivity index (χ4n) is 1.63. The van der Waals surface area contributed by atoms with Crippen LogP contribution >= 0.6 is 11.8 Å². The van der Waals surface area contributed by atoms with Gasteiger partial charge in [-0.15, -0.1) is 0 Å².